The molecule has 0 bridgehead atoms. The Morgan fingerprint density at radius 2 is 1.20 bits per heavy atom. The van der Waals surface area contributed by atoms with Crippen LogP contribution >= 0.6 is 0 Å². The smallest absolute Gasteiger partial charge is 0.267 e. The lowest BCUT2D eigenvalue weighted by atomic mass is 10.3. The van der Waals surface area contributed by atoms with E-state index in [2.05, 4.69) is 6.58 Å². The van der Waals surface area contributed by atoms with E-state index < -0.39 is 45.2 Å². The van der Waals surface area contributed by atoms with Gasteiger partial charge in [-0.25, -0.2) is 26.9 Å². The summed E-state index contributed by atoms with van der Waals surface area (Å²) in [4.78, 5) is 23.4. The van der Waals surface area contributed by atoms with Crippen molar-refractivity contribution in [2.45, 2.75) is 0 Å². The van der Waals surface area contributed by atoms with E-state index in [1.54, 1.807) is 0 Å². The van der Waals surface area contributed by atoms with Crippen molar-refractivity contribution in [2.24, 2.45) is 0 Å². The summed E-state index contributed by atoms with van der Waals surface area (Å²) in [5.41, 5.74) is -0.379. The van der Waals surface area contributed by atoms with E-state index in [0.717, 1.165) is 22.5 Å². The van der Waals surface area contributed by atoms with Crippen LogP contribution in [0, 0.1) is 0 Å². The van der Waals surface area contributed by atoms with Gasteiger partial charge >= 0.3 is 0 Å². The minimum atomic E-state index is -3.59. The number of nitrogens with zero attached hydrogens (tertiary/aromatic N) is 2. The lowest BCUT2D eigenvalue weighted by Crippen LogP contribution is -2.50. The summed E-state index contributed by atoms with van der Waals surface area (Å²) in [6.45, 7) is 2.26. The Morgan fingerprint density at radius 1 is 0.900 bits per heavy atom. The first-order chi connectivity index (χ1) is 8.92. The van der Waals surface area contributed by atoms with Crippen LogP contribution < -0.4 is 9.44 Å². The maximum Gasteiger partial charge on any atom is 0.278 e. The Hall–Kier alpha value is -1.50. The van der Waals surface area contributed by atoms with Gasteiger partial charge in [0, 0.05) is 0 Å². The summed E-state index contributed by atoms with van der Waals surface area (Å²) in [6.07, 6.45) is 1.76. The second-order valence-electron chi connectivity index (χ2n) is 4.04. The van der Waals surface area contributed by atoms with Gasteiger partial charge < -0.3 is 0 Å². The van der Waals surface area contributed by atoms with Crippen LogP contribution in [0.15, 0.2) is 12.2 Å². The van der Waals surface area contributed by atoms with Crippen LogP contribution in [0.5, 0.6) is 0 Å². The number of sulfonamides is 2. The van der Waals surface area contributed by atoms with Crippen molar-refractivity contribution in [1.29, 1.82) is 0 Å². The number of nitrogens with one attached hydrogen (secondary N) is 2. The lowest BCUT2D eigenvalue weighted by Gasteiger charge is -2.26. The number of rotatable bonds is 6. The third kappa shape index (κ3) is 4.26. The summed E-state index contributed by atoms with van der Waals surface area (Å²) in [7, 11) is -7.17. The van der Waals surface area contributed by atoms with Gasteiger partial charge in [-0.05, 0) is 0 Å². The van der Waals surface area contributed by atoms with Crippen LogP contribution in [-0.4, -0.2) is 64.5 Å². The molecule has 0 aliphatic carbocycles. The van der Waals surface area contributed by atoms with Gasteiger partial charge in [-0.15, -0.1) is 0 Å². The van der Waals surface area contributed by atoms with E-state index in [4.69, 9.17) is 0 Å². The van der Waals surface area contributed by atoms with Crippen molar-refractivity contribution in [3.8, 4) is 0 Å². The van der Waals surface area contributed by atoms with Gasteiger partial charge in [0.25, 0.3) is 11.8 Å². The molecule has 0 saturated carbocycles. The lowest BCUT2D eigenvalue weighted by molar-refractivity contribution is -0.147. The van der Waals surface area contributed by atoms with Gasteiger partial charge in [-0.2, -0.15) is 9.44 Å². The molecule has 0 atom stereocenters. The molecule has 2 amide bonds. The zero-order chi connectivity index (χ0) is 15.7. The first-order valence-electron chi connectivity index (χ1n) is 5.14. The van der Waals surface area contributed by atoms with Gasteiger partial charge in [-0.3, -0.25) is 9.59 Å². The van der Waals surface area contributed by atoms with Crippen molar-refractivity contribution in [3.63, 3.8) is 0 Å². The largest absolute Gasteiger partial charge is 0.278 e. The minimum absolute atomic E-state index is 0.379. The fraction of sp³-hybridized carbons (Fsp3) is 0.500. The Bertz CT molecular complexity index is 596. The third-order valence-electron chi connectivity index (χ3n) is 2.23. The molecule has 0 aromatic rings. The maximum atomic E-state index is 11.7. The number of carbonyl (C=O) groups excluding carboxylic acids is 2. The van der Waals surface area contributed by atoms with E-state index in [0.29, 0.717) is 0 Å². The highest BCUT2D eigenvalue weighted by atomic mass is 32.2. The van der Waals surface area contributed by atoms with Crippen LogP contribution in [0.3, 0.4) is 0 Å². The Balaban J connectivity index is 2.89. The van der Waals surface area contributed by atoms with E-state index >= 15 is 0 Å². The van der Waals surface area contributed by atoms with Crippen LogP contribution in [0.4, 0.5) is 0 Å². The maximum absolute atomic E-state index is 11.7. The molecule has 1 rings (SSSR count). The van der Waals surface area contributed by atoms with Crippen molar-refractivity contribution in [3.05, 3.63) is 12.2 Å². The Kier molecular flexibility index (Phi) is 4.53. The fourth-order valence-corrected chi connectivity index (χ4v) is 2.01. The van der Waals surface area contributed by atoms with Crippen LogP contribution in [-0.2, 0) is 29.6 Å². The number of carbonyl (C=O) groups is 2. The highest BCUT2D eigenvalue weighted by molar-refractivity contribution is 7.89. The third-order valence-corrected chi connectivity index (χ3v) is 3.54. The molecule has 1 aliphatic rings. The molecule has 114 valence electrons. The van der Waals surface area contributed by atoms with Crippen molar-refractivity contribution in [2.75, 3.05) is 25.8 Å². The molecule has 12 heteroatoms. The van der Waals surface area contributed by atoms with Gasteiger partial charge in [0.2, 0.25) is 20.0 Å². The summed E-state index contributed by atoms with van der Waals surface area (Å²) in [6, 6.07) is 0. The normalized spacial score (nSPS) is 17.2. The second kappa shape index (κ2) is 5.47. The summed E-state index contributed by atoms with van der Waals surface area (Å²) in [5, 5.41) is 1.51. The first kappa shape index (κ1) is 16.6. The van der Waals surface area contributed by atoms with E-state index in [1.165, 1.54) is 0 Å². The quantitative estimate of drug-likeness (QED) is 0.398. The predicted molar refractivity (Wildman–Crippen MR) is 68.5 cm³/mol. The number of amides is 2. The van der Waals surface area contributed by atoms with Gasteiger partial charge in [-0.1, -0.05) is 6.58 Å². The molecule has 1 heterocycles. The summed E-state index contributed by atoms with van der Waals surface area (Å²) in [5.74, 6) is -1.61. The Morgan fingerprint density at radius 3 is 1.45 bits per heavy atom. The summed E-state index contributed by atoms with van der Waals surface area (Å²) >= 11 is 0. The average molecular weight is 326 g/mol. The van der Waals surface area contributed by atoms with E-state index in [1.807, 2.05) is 9.44 Å². The zero-order valence-electron chi connectivity index (χ0n) is 10.8. The monoisotopic (exact) mass is 326 g/mol. The predicted octanol–water partition coefficient (Wildman–Crippen LogP) is -2.86. The molecule has 0 radical (unpaired) electrons. The first-order valence-corrected chi connectivity index (χ1v) is 8.92. The molecular formula is C8H14N4O6S2. The molecule has 1 aliphatic heterocycles. The van der Waals surface area contributed by atoms with Crippen LogP contribution in [0.2, 0.25) is 0 Å². The van der Waals surface area contributed by atoms with Gasteiger partial charge in [0.05, 0.1) is 12.5 Å². The molecular weight excluding hydrogens is 312 g/mol. The standard InChI is InChI=1S/C8H14N4O6S2/c1-6-7(13)11(4-9-19(2,15)16)12(8(6)14)5-10-20(3,17)18/h9-10H,1,4-5H2,2-3H3. The molecule has 1 fully saturated rings. The molecule has 1 saturated heterocycles. The number of hydrogen-bond acceptors (Lipinski definition) is 6. The molecule has 20 heavy (non-hydrogen) atoms. The van der Waals surface area contributed by atoms with Gasteiger partial charge in [0.15, 0.2) is 0 Å². The van der Waals surface area contributed by atoms with Crippen molar-refractivity contribution < 1.29 is 26.4 Å². The van der Waals surface area contributed by atoms with E-state index in [9.17, 15) is 26.4 Å². The molecule has 0 aromatic carbocycles. The van der Waals surface area contributed by atoms with Crippen molar-refractivity contribution in [1.82, 2.24) is 19.5 Å². The number of hydrazine groups is 1. The average Bonchev–Trinajstić information content (AvgIpc) is 2.46. The Labute approximate surface area is 116 Å². The van der Waals surface area contributed by atoms with Crippen LogP contribution in [0.1, 0.15) is 0 Å². The van der Waals surface area contributed by atoms with E-state index in [-0.39, 0.29) is 5.57 Å². The topological polar surface area (TPSA) is 133 Å². The number of hydrogen-bond donors (Lipinski definition) is 2. The minimum Gasteiger partial charge on any atom is -0.267 e. The summed E-state index contributed by atoms with van der Waals surface area (Å²) < 4.78 is 48.0. The van der Waals surface area contributed by atoms with Crippen LogP contribution in [0.25, 0.3) is 0 Å². The zero-order valence-corrected chi connectivity index (χ0v) is 12.4. The molecule has 0 aromatic heterocycles. The molecule has 0 spiro atoms. The fourth-order valence-electron chi connectivity index (χ4n) is 1.29. The highest BCUT2D eigenvalue weighted by Gasteiger charge is 2.39. The molecule has 2 N–H and O–H groups in total. The molecule has 10 nitrogen and oxygen atoms in total. The molecule has 0 unspecified atom stereocenters. The SMILES string of the molecule is C=C1C(=O)N(CNS(C)(=O)=O)N(CNS(C)(=O)=O)C1=O. The van der Waals surface area contributed by atoms with Crippen molar-refractivity contribution >= 4 is 31.9 Å². The second-order valence-corrected chi connectivity index (χ2v) is 7.70. The van der Waals surface area contributed by atoms with Gasteiger partial charge in [0.1, 0.15) is 18.9 Å². The highest BCUT2D eigenvalue weighted by Crippen LogP contribution is 2.16.